The fourth-order valence-electron chi connectivity index (χ4n) is 2.41. The molecule has 1 unspecified atom stereocenters. The smallest absolute Gasteiger partial charge is 0.141 e. The molecule has 0 aliphatic heterocycles. The Kier molecular flexibility index (Phi) is 6.21. The molecule has 2 aromatic carbocycles. The average molecular weight is 306 g/mol. The van der Waals surface area contributed by atoms with Crippen LogP contribution in [0.2, 0.25) is 5.02 Å². The molecule has 0 aliphatic rings. The van der Waals surface area contributed by atoms with Crippen molar-refractivity contribution in [3.8, 4) is 0 Å². The maximum Gasteiger partial charge on any atom is 0.141 e. The first-order valence-corrected chi connectivity index (χ1v) is 7.78. The van der Waals surface area contributed by atoms with Gasteiger partial charge in [-0.15, -0.1) is 0 Å². The van der Waals surface area contributed by atoms with Crippen molar-refractivity contribution in [3.05, 3.63) is 70.5 Å². The predicted octanol–water partition coefficient (Wildman–Crippen LogP) is 4.63. The number of rotatable bonds is 7. The highest BCUT2D eigenvalue weighted by atomic mass is 35.5. The van der Waals surface area contributed by atoms with Crippen LogP contribution in [0.15, 0.2) is 48.5 Å². The lowest BCUT2D eigenvalue weighted by molar-refractivity contribution is 0.504. The molecule has 2 rings (SSSR count). The van der Waals surface area contributed by atoms with Crippen LogP contribution in [-0.4, -0.2) is 12.6 Å². The number of benzene rings is 2. The van der Waals surface area contributed by atoms with Gasteiger partial charge in [-0.3, -0.25) is 0 Å². The SMILES string of the molecule is CCCNC(Cc1ccccc1)Cc1ccc(F)c(Cl)c1. The van der Waals surface area contributed by atoms with Gasteiger partial charge in [0, 0.05) is 6.04 Å². The average Bonchev–Trinajstić information content (AvgIpc) is 2.49. The summed E-state index contributed by atoms with van der Waals surface area (Å²) in [5.41, 5.74) is 2.37. The number of halogens is 2. The molecule has 0 radical (unpaired) electrons. The van der Waals surface area contributed by atoms with Gasteiger partial charge in [-0.05, 0) is 49.1 Å². The second kappa shape index (κ2) is 8.16. The highest BCUT2D eigenvalue weighted by Crippen LogP contribution is 2.18. The molecule has 0 fully saturated rings. The number of hydrogen-bond donors (Lipinski definition) is 1. The van der Waals surface area contributed by atoms with Crippen molar-refractivity contribution in [2.45, 2.75) is 32.2 Å². The van der Waals surface area contributed by atoms with E-state index in [1.165, 1.54) is 11.6 Å². The second-order valence-electron chi connectivity index (χ2n) is 5.29. The van der Waals surface area contributed by atoms with Gasteiger partial charge in [0.25, 0.3) is 0 Å². The molecular weight excluding hydrogens is 285 g/mol. The molecule has 0 saturated heterocycles. The molecule has 112 valence electrons. The van der Waals surface area contributed by atoms with E-state index in [4.69, 9.17) is 11.6 Å². The molecule has 0 aromatic heterocycles. The minimum atomic E-state index is -0.360. The molecule has 1 atom stereocenters. The van der Waals surface area contributed by atoms with Crippen molar-refractivity contribution in [1.29, 1.82) is 0 Å². The molecule has 21 heavy (non-hydrogen) atoms. The summed E-state index contributed by atoms with van der Waals surface area (Å²) >= 11 is 5.87. The van der Waals surface area contributed by atoms with Gasteiger partial charge >= 0.3 is 0 Å². The predicted molar refractivity (Wildman–Crippen MR) is 87.3 cm³/mol. The van der Waals surface area contributed by atoms with E-state index in [0.717, 1.165) is 31.4 Å². The molecule has 1 nitrogen and oxygen atoms in total. The lowest BCUT2D eigenvalue weighted by atomic mass is 9.99. The Morgan fingerprint density at radius 3 is 2.43 bits per heavy atom. The van der Waals surface area contributed by atoms with E-state index in [1.54, 1.807) is 6.07 Å². The van der Waals surface area contributed by atoms with Gasteiger partial charge < -0.3 is 5.32 Å². The first kappa shape index (κ1) is 16.0. The maximum absolute atomic E-state index is 13.2. The summed E-state index contributed by atoms with van der Waals surface area (Å²) in [6.07, 6.45) is 2.89. The highest BCUT2D eigenvalue weighted by molar-refractivity contribution is 6.30. The molecule has 2 aromatic rings. The third-order valence-corrected chi connectivity index (χ3v) is 3.76. The fraction of sp³-hybridized carbons (Fsp3) is 0.333. The Balaban J connectivity index is 2.06. The molecule has 1 N–H and O–H groups in total. The lowest BCUT2D eigenvalue weighted by Gasteiger charge is -2.19. The van der Waals surface area contributed by atoms with Crippen molar-refractivity contribution in [2.24, 2.45) is 0 Å². The van der Waals surface area contributed by atoms with Gasteiger partial charge in [0.05, 0.1) is 5.02 Å². The van der Waals surface area contributed by atoms with Crippen molar-refractivity contribution < 1.29 is 4.39 Å². The van der Waals surface area contributed by atoms with Gasteiger partial charge in [0.15, 0.2) is 0 Å². The molecule has 3 heteroatoms. The van der Waals surface area contributed by atoms with E-state index in [2.05, 4.69) is 36.5 Å². The van der Waals surface area contributed by atoms with E-state index in [-0.39, 0.29) is 10.8 Å². The van der Waals surface area contributed by atoms with E-state index >= 15 is 0 Å². The standard InChI is InChI=1S/C18H21ClFN/c1-2-10-21-16(11-14-6-4-3-5-7-14)12-15-8-9-18(20)17(19)13-15/h3-9,13,16,21H,2,10-12H2,1H3. The molecule has 0 heterocycles. The minimum absolute atomic E-state index is 0.196. The molecule has 0 spiro atoms. The van der Waals surface area contributed by atoms with Crippen LogP contribution in [0.5, 0.6) is 0 Å². The second-order valence-corrected chi connectivity index (χ2v) is 5.70. The van der Waals surface area contributed by atoms with E-state index < -0.39 is 0 Å². The Morgan fingerprint density at radius 1 is 1.05 bits per heavy atom. The molecule has 0 aliphatic carbocycles. The summed E-state index contributed by atoms with van der Waals surface area (Å²) in [6, 6.07) is 15.7. The minimum Gasteiger partial charge on any atom is -0.313 e. The summed E-state index contributed by atoms with van der Waals surface area (Å²) in [4.78, 5) is 0. The van der Waals surface area contributed by atoms with Gasteiger partial charge in [0.1, 0.15) is 5.82 Å². The molecule has 0 amide bonds. The fourth-order valence-corrected chi connectivity index (χ4v) is 2.62. The van der Waals surface area contributed by atoms with Crippen LogP contribution in [-0.2, 0) is 12.8 Å². The van der Waals surface area contributed by atoms with E-state index in [1.807, 2.05) is 12.1 Å². The Labute approximate surface area is 131 Å². The number of nitrogens with one attached hydrogen (secondary N) is 1. The van der Waals surface area contributed by atoms with Crippen LogP contribution in [0.25, 0.3) is 0 Å². The topological polar surface area (TPSA) is 12.0 Å². The van der Waals surface area contributed by atoms with Crippen molar-refractivity contribution in [3.63, 3.8) is 0 Å². The van der Waals surface area contributed by atoms with Gasteiger partial charge in [0.2, 0.25) is 0 Å². The summed E-state index contributed by atoms with van der Waals surface area (Å²) in [6.45, 7) is 3.13. The molecule has 0 bridgehead atoms. The van der Waals surface area contributed by atoms with Crippen LogP contribution in [0.3, 0.4) is 0 Å². The van der Waals surface area contributed by atoms with E-state index in [9.17, 15) is 4.39 Å². The largest absolute Gasteiger partial charge is 0.313 e. The Bertz CT molecular complexity index is 556. The Hall–Kier alpha value is -1.38. The van der Waals surface area contributed by atoms with Gasteiger partial charge in [-0.1, -0.05) is 54.9 Å². The van der Waals surface area contributed by atoms with Crippen LogP contribution >= 0.6 is 11.6 Å². The van der Waals surface area contributed by atoms with Crippen LogP contribution in [0.4, 0.5) is 4.39 Å². The van der Waals surface area contributed by atoms with Crippen molar-refractivity contribution >= 4 is 11.6 Å². The summed E-state index contributed by atoms with van der Waals surface area (Å²) in [5.74, 6) is -0.360. The summed E-state index contributed by atoms with van der Waals surface area (Å²) < 4.78 is 13.2. The third kappa shape index (κ3) is 5.14. The zero-order chi connectivity index (χ0) is 15.1. The van der Waals surface area contributed by atoms with Gasteiger partial charge in [-0.2, -0.15) is 0 Å². The molecule has 0 saturated carbocycles. The zero-order valence-electron chi connectivity index (χ0n) is 12.3. The van der Waals surface area contributed by atoms with Crippen LogP contribution in [0, 0.1) is 5.82 Å². The zero-order valence-corrected chi connectivity index (χ0v) is 13.0. The van der Waals surface area contributed by atoms with Crippen molar-refractivity contribution in [2.75, 3.05) is 6.54 Å². The number of hydrogen-bond acceptors (Lipinski definition) is 1. The van der Waals surface area contributed by atoms with Crippen LogP contribution in [0.1, 0.15) is 24.5 Å². The Morgan fingerprint density at radius 2 is 1.76 bits per heavy atom. The van der Waals surface area contributed by atoms with Crippen molar-refractivity contribution in [1.82, 2.24) is 5.32 Å². The monoisotopic (exact) mass is 305 g/mol. The summed E-state index contributed by atoms with van der Waals surface area (Å²) in [5, 5.41) is 3.76. The summed E-state index contributed by atoms with van der Waals surface area (Å²) in [7, 11) is 0. The molecular formula is C18H21ClFN. The highest BCUT2D eigenvalue weighted by Gasteiger charge is 2.11. The van der Waals surface area contributed by atoms with E-state index in [0.29, 0.717) is 6.04 Å². The third-order valence-electron chi connectivity index (χ3n) is 3.47. The lowest BCUT2D eigenvalue weighted by Crippen LogP contribution is -2.33. The normalized spacial score (nSPS) is 12.3. The maximum atomic E-state index is 13.2. The first-order chi connectivity index (χ1) is 10.2. The van der Waals surface area contributed by atoms with Crippen LogP contribution < -0.4 is 5.32 Å². The van der Waals surface area contributed by atoms with Gasteiger partial charge in [-0.25, -0.2) is 4.39 Å². The first-order valence-electron chi connectivity index (χ1n) is 7.40. The quantitative estimate of drug-likeness (QED) is 0.786.